The number of thioether (sulfide) groups is 1. The smallest absolute Gasteiger partial charge is 0.243 e. The van der Waals surface area contributed by atoms with Gasteiger partial charge in [0.15, 0.2) is 5.17 Å². The molecule has 4 nitrogen and oxygen atoms in total. The molecule has 1 heterocycles. The quantitative estimate of drug-likeness (QED) is 0.820. The number of rotatable bonds is 3. The van der Waals surface area contributed by atoms with Gasteiger partial charge in [-0.1, -0.05) is 32.0 Å². The normalized spacial score (nSPS) is 30.6. The third-order valence-corrected chi connectivity index (χ3v) is 5.45. The number of hydrogen-bond acceptors (Lipinski definition) is 4. The SMILES string of the molecule is CC(C)C(C)(NC1=NC2CCCC2CS1)C(N)=O. The number of aliphatic imine (C=N–C) groups is 1. The van der Waals surface area contributed by atoms with Gasteiger partial charge >= 0.3 is 0 Å². The highest BCUT2D eigenvalue weighted by Gasteiger charge is 2.38. The van der Waals surface area contributed by atoms with Crippen molar-refractivity contribution >= 4 is 22.8 Å². The summed E-state index contributed by atoms with van der Waals surface area (Å²) in [5.74, 6) is 1.68. The zero-order chi connectivity index (χ0) is 13.3. The minimum absolute atomic E-state index is 0.139. The second-order valence-corrected chi connectivity index (χ2v) is 6.86. The van der Waals surface area contributed by atoms with Crippen LogP contribution in [0.15, 0.2) is 4.99 Å². The van der Waals surface area contributed by atoms with Gasteiger partial charge in [-0.05, 0) is 31.6 Å². The van der Waals surface area contributed by atoms with E-state index in [4.69, 9.17) is 10.7 Å². The van der Waals surface area contributed by atoms with Crippen LogP contribution in [-0.4, -0.2) is 28.4 Å². The fourth-order valence-electron chi connectivity index (χ4n) is 2.54. The van der Waals surface area contributed by atoms with Crippen LogP contribution in [0.4, 0.5) is 0 Å². The second-order valence-electron chi connectivity index (χ2n) is 5.85. The number of primary amides is 1. The Hall–Kier alpha value is -0.710. The fourth-order valence-corrected chi connectivity index (χ4v) is 3.79. The van der Waals surface area contributed by atoms with Gasteiger partial charge in [-0.15, -0.1) is 0 Å². The molecule has 0 aromatic rings. The van der Waals surface area contributed by atoms with Crippen LogP contribution < -0.4 is 11.1 Å². The average molecular weight is 269 g/mol. The van der Waals surface area contributed by atoms with Gasteiger partial charge in [0.25, 0.3) is 0 Å². The molecule has 2 aliphatic rings. The highest BCUT2D eigenvalue weighted by atomic mass is 32.2. The molecule has 0 aromatic heterocycles. The van der Waals surface area contributed by atoms with E-state index in [2.05, 4.69) is 5.32 Å². The Morgan fingerprint density at radius 1 is 1.56 bits per heavy atom. The van der Waals surface area contributed by atoms with E-state index >= 15 is 0 Å². The number of hydrogen-bond donors (Lipinski definition) is 2. The van der Waals surface area contributed by atoms with E-state index in [-0.39, 0.29) is 11.8 Å². The van der Waals surface area contributed by atoms with Crippen LogP contribution in [0.3, 0.4) is 0 Å². The minimum Gasteiger partial charge on any atom is -0.368 e. The van der Waals surface area contributed by atoms with E-state index in [1.807, 2.05) is 20.8 Å². The summed E-state index contributed by atoms with van der Waals surface area (Å²) in [5.41, 5.74) is 4.82. The number of amides is 1. The number of nitrogens with one attached hydrogen (secondary N) is 1. The van der Waals surface area contributed by atoms with Crippen LogP contribution in [-0.2, 0) is 4.79 Å². The predicted molar refractivity (Wildman–Crippen MR) is 76.6 cm³/mol. The summed E-state index contributed by atoms with van der Waals surface area (Å²) in [4.78, 5) is 16.4. The van der Waals surface area contributed by atoms with Crippen molar-refractivity contribution in [3.05, 3.63) is 0 Å². The molecule has 1 aliphatic heterocycles. The summed E-state index contributed by atoms with van der Waals surface area (Å²) in [6, 6.07) is 0.457. The first-order chi connectivity index (χ1) is 8.43. The summed E-state index contributed by atoms with van der Waals surface area (Å²) in [6.07, 6.45) is 3.76. The molecule has 0 spiro atoms. The predicted octanol–water partition coefficient (Wildman–Crippen LogP) is 1.75. The molecular formula is C13H23N3OS. The Labute approximate surface area is 113 Å². The highest BCUT2D eigenvalue weighted by Crippen LogP contribution is 2.35. The number of nitrogens with two attached hydrogens (primary N) is 1. The molecule has 5 heteroatoms. The van der Waals surface area contributed by atoms with Crippen molar-refractivity contribution < 1.29 is 4.79 Å². The topological polar surface area (TPSA) is 67.5 Å². The van der Waals surface area contributed by atoms with E-state index in [1.165, 1.54) is 19.3 Å². The summed E-state index contributed by atoms with van der Waals surface area (Å²) < 4.78 is 0. The van der Waals surface area contributed by atoms with Gasteiger partial charge in [-0.25, -0.2) is 0 Å². The van der Waals surface area contributed by atoms with E-state index in [0.717, 1.165) is 16.8 Å². The summed E-state index contributed by atoms with van der Waals surface area (Å²) in [5, 5.41) is 4.18. The van der Waals surface area contributed by atoms with Crippen molar-refractivity contribution in [3.8, 4) is 0 Å². The van der Waals surface area contributed by atoms with Crippen molar-refractivity contribution in [2.24, 2.45) is 22.6 Å². The van der Waals surface area contributed by atoms with Gasteiger partial charge in [0.2, 0.25) is 5.91 Å². The Balaban J connectivity index is 2.10. The first-order valence-electron chi connectivity index (χ1n) is 6.72. The van der Waals surface area contributed by atoms with E-state index in [1.54, 1.807) is 11.8 Å². The average Bonchev–Trinajstić information content (AvgIpc) is 2.75. The Morgan fingerprint density at radius 3 is 2.89 bits per heavy atom. The van der Waals surface area contributed by atoms with Gasteiger partial charge in [0.05, 0.1) is 6.04 Å². The van der Waals surface area contributed by atoms with Gasteiger partial charge < -0.3 is 11.1 Å². The Morgan fingerprint density at radius 2 is 2.28 bits per heavy atom. The third kappa shape index (κ3) is 2.51. The molecule has 1 amide bonds. The minimum atomic E-state index is -0.711. The lowest BCUT2D eigenvalue weighted by atomic mass is 9.88. The molecule has 3 unspecified atom stereocenters. The third-order valence-electron chi connectivity index (χ3n) is 4.37. The molecule has 0 aromatic carbocycles. The maximum Gasteiger partial charge on any atom is 0.243 e. The molecule has 102 valence electrons. The van der Waals surface area contributed by atoms with Gasteiger partial charge in [0.1, 0.15) is 5.54 Å². The fraction of sp³-hybridized carbons (Fsp3) is 0.846. The Kier molecular flexibility index (Phi) is 3.90. The Bertz CT molecular complexity index is 369. The van der Waals surface area contributed by atoms with Gasteiger partial charge in [-0.3, -0.25) is 9.79 Å². The number of nitrogens with zero attached hydrogens (tertiary/aromatic N) is 1. The number of amidine groups is 1. The number of fused-ring (bicyclic) bond motifs is 1. The molecule has 18 heavy (non-hydrogen) atoms. The summed E-state index contributed by atoms with van der Waals surface area (Å²) in [7, 11) is 0. The van der Waals surface area contributed by atoms with Crippen LogP contribution in [0, 0.1) is 11.8 Å². The van der Waals surface area contributed by atoms with Crippen molar-refractivity contribution in [1.82, 2.24) is 5.32 Å². The van der Waals surface area contributed by atoms with Crippen LogP contribution in [0.1, 0.15) is 40.0 Å². The van der Waals surface area contributed by atoms with Crippen LogP contribution >= 0.6 is 11.8 Å². The van der Waals surface area contributed by atoms with E-state index in [0.29, 0.717) is 6.04 Å². The molecule has 2 rings (SSSR count). The molecule has 1 saturated carbocycles. The van der Waals surface area contributed by atoms with Crippen molar-refractivity contribution in [3.63, 3.8) is 0 Å². The maximum atomic E-state index is 11.7. The maximum absolute atomic E-state index is 11.7. The monoisotopic (exact) mass is 269 g/mol. The molecule has 1 fully saturated rings. The highest BCUT2D eigenvalue weighted by molar-refractivity contribution is 8.13. The van der Waals surface area contributed by atoms with Crippen molar-refractivity contribution in [2.75, 3.05) is 5.75 Å². The number of carbonyl (C=O) groups is 1. The lowest BCUT2D eigenvalue weighted by molar-refractivity contribution is -0.124. The van der Waals surface area contributed by atoms with E-state index < -0.39 is 5.54 Å². The molecular weight excluding hydrogens is 246 g/mol. The molecule has 1 aliphatic carbocycles. The number of carbonyl (C=O) groups excluding carboxylic acids is 1. The molecule has 0 bridgehead atoms. The van der Waals surface area contributed by atoms with Gasteiger partial charge in [0, 0.05) is 5.75 Å². The van der Waals surface area contributed by atoms with Gasteiger partial charge in [-0.2, -0.15) is 0 Å². The summed E-state index contributed by atoms with van der Waals surface area (Å²) in [6.45, 7) is 5.87. The first-order valence-corrected chi connectivity index (χ1v) is 7.70. The zero-order valence-electron chi connectivity index (χ0n) is 11.4. The second kappa shape index (κ2) is 5.11. The molecule has 0 saturated heterocycles. The largest absolute Gasteiger partial charge is 0.368 e. The van der Waals surface area contributed by atoms with Crippen LogP contribution in [0.25, 0.3) is 0 Å². The molecule has 3 atom stereocenters. The summed E-state index contributed by atoms with van der Waals surface area (Å²) >= 11 is 1.73. The lowest BCUT2D eigenvalue weighted by Gasteiger charge is -2.34. The standard InChI is InChI=1S/C13H23N3OS/c1-8(2)13(3,11(14)17)16-12-15-10-6-4-5-9(10)7-18-12/h8-10H,4-7H2,1-3H3,(H2,14,17)(H,15,16). The zero-order valence-corrected chi connectivity index (χ0v) is 12.2. The first kappa shape index (κ1) is 13.7. The van der Waals surface area contributed by atoms with Crippen molar-refractivity contribution in [1.29, 1.82) is 0 Å². The molecule has 0 radical (unpaired) electrons. The molecule has 3 N–H and O–H groups in total. The van der Waals surface area contributed by atoms with Crippen molar-refractivity contribution in [2.45, 2.75) is 51.6 Å². The van der Waals surface area contributed by atoms with E-state index in [9.17, 15) is 4.79 Å². The van der Waals surface area contributed by atoms with Crippen LogP contribution in [0.2, 0.25) is 0 Å². The lowest BCUT2D eigenvalue weighted by Crippen LogP contribution is -2.58. The van der Waals surface area contributed by atoms with Crippen LogP contribution in [0.5, 0.6) is 0 Å².